The lowest BCUT2D eigenvalue weighted by Gasteiger charge is -2.25. The van der Waals surface area contributed by atoms with Gasteiger partial charge in [0.15, 0.2) is 0 Å². The van der Waals surface area contributed by atoms with Crippen LogP contribution in [0.4, 0.5) is 0 Å². The summed E-state index contributed by atoms with van der Waals surface area (Å²) in [5, 5.41) is 3.32. The fourth-order valence-electron chi connectivity index (χ4n) is 2.10. The molecule has 0 spiro atoms. The molecule has 18 heavy (non-hydrogen) atoms. The molecule has 0 aliphatic carbocycles. The van der Waals surface area contributed by atoms with Gasteiger partial charge in [-0.05, 0) is 37.6 Å². The molecule has 3 nitrogen and oxygen atoms in total. The van der Waals surface area contributed by atoms with E-state index in [1.54, 1.807) is 7.11 Å². The Hall–Kier alpha value is -1.06. The van der Waals surface area contributed by atoms with Crippen LogP contribution >= 0.6 is 0 Å². The molecule has 0 aliphatic heterocycles. The second-order valence-corrected chi connectivity index (χ2v) is 4.37. The van der Waals surface area contributed by atoms with Gasteiger partial charge in [0.2, 0.25) is 0 Å². The standard InChI is InChI=1S/C15H25NO2/c1-5-11-18-13-9-7-12(8-10-13)15(16-3)14(6-2)17-4/h7-10,14-16H,5-6,11H2,1-4H3. The van der Waals surface area contributed by atoms with Crippen molar-refractivity contribution >= 4 is 0 Å². The molecule has 0 saturated heterocycles. The van der Waals surface area contributed by atoms with Gasteiger partial charge in [-0.2, -0.15) is 0 Å². The van der Waals surface area contributed by atoms with Crippen LogP contribution in [-0.4, -0.2) is 26.9 Å². The first-order valence-corrected chi connectivity index (χ1v) is 6.69. The molecule has 0 heterocycles. The Labute approximate surface area is 110 Å². The van der Waals surface area contributed by atoms with Crippen molar-refractivity contribution in [2.45, 2.75) is 38.8 Å². The molecule has 0 amide bonds. The average Bonchev–Trinajstić information content (AvgIpc) is 2.43. The van der Waals surface area contributed by atoms with Crippen LogP contribution in [0.25, 0.3) is 0 Å². The molecule has 0 bridgehead atoms. The molecular formula is C15H25NO2. The smallest absolute Gasteiger partial charge is 0.119 e. The molecule has 102 valence electrons. The van der Waals surface area contributed by atoms with E-state index in [-0.39, 0.29) is 12.1 Å². The van der Waals surface area contributed by atoms with Crippen molar-refractivity contribution in [3.8, 4) is 5.75 Å². The lowest BCUT2D eigenvalue weighted by Crippen LogP contribution is -2.30. The maximum absolute atomic E-state index is 5.59. The van der Waals surface area contributed by atoms with Gasteiger partial charge in [0.25, 0.3) is 0 Å². The van der Waals surface area contributed by atoms with E-state index in [0.29, 0.717) is 0 Å². The van der Waals surface area contributed by atoms with Gasteiger partial charge in [0, 0.05) is 7.11 Å². The highest BCUT2D eigenvalue weighted by molar-refractivity contribution is 5.29. The summed E-state index contributed by atoms with van der Waals surface area (Å²) in [6.07, 6.45) is 2.20. The van der Waals surface area contributed by atoms with Crippen LogP contribution < -0.4 is 10.1 Å². The normalized spacial score (nSPS) is 14.2. The number of hydrogen-bond donors (Lipinski definition) is 1. The van der Waals surface area contributed by atoms with E-state index in [2.05, 4.69) is 31.3 Å². The molecule has 2 unspecified atom stereocenters. The lowest BCUT2D eigenvalue weighted by atomic mass is 9.99. The fourth-order valence-corrected chi connectivity index (χ4v) is 2.10. The van der Waals surface area contributed by atoms with E-state index in [0.717, 1.165) is 25.2 Å². The molecule has 0 saturated carbocycles. The van der Waals surface area contributed by atoms with E-state index >= 15 is 0 Å². The molecular weight excluding hydrogens is 226 g/mol. The minimum atomic E-state index is 0.192. The van der Waals surface area contributed by atoms with Crippen LogP contribution in [0.2, 0.25) is 0 Å². The van der Waals surface area contributed by atoms with Crippen molar-refractivity contribution in [3.05, 3.63) is 29.8 Å². The SMILES string of the molecule is CCCOc1ccc(C(NC)C(CC)OC)cc1. The third kappa shape index (κ3) is 4.00. The van der Waals surface area contributed by atoms with Gasteiger partial charge in [-0.3, -0.25) is 0 Å². The minimum absolute atomic E-state index is 0.192. The first-order valence-electron chi connectivity index (χ1n) is 6.69. The molecule has 1 rings (SSSR count). The quantitative estimate of drug-likeness (QED) is 0.770. The summed E-state index contributed by atoms with van der Waals surface area (Å²) < 4.78 is 11.1. The summed E-state index contributed by atoms with van der Waals surface area (Å²) in [4.78, 5) is 0. The van der Waals surface area contributed by atoms with Crippen molar-refractivity contribution in [2.75, 3.05) is 20.8 Å². The highest BCUT2D eigenvalue weighted by Gasteiger charge is 2.19. The first kappa shape index (κ1) is 15.0. The largest absolute Gasteiger partial charge is 0.494 e. The Morgan fingerprint density at radius 3 is 2.28 bits per heavy atom. The number of hydrogen-bond acceptors (Lipinski definition) is 3. The van der Waals surface area contributed by atoms with Crippen LogP contribution in [0.1, 0.15) is 38.3 Å². The molecule has 0 aromatic heterocycles. The van der Waals surface area contributed by atoms with Gasteiger partial charge in [0.05, 0.1) is 18.8 Å². The summed E-state index contributed by atoms with van der Waals surface area (Å²) in [5.74, 6) is 0.931. The summed E-state index contributed by atoms with van der Waals surface area (Å²) >= 11 is 0. The Balaban J connectivity index is 2.74. The highest BCUT2D eigenvalue weighted by atomic mass is 16.5. The molecule has 2 atom stereocenters. The van der Waals surface area contributed by atoms with Crippen LogP contribution in [0.15, 0.2) is 24.3 Å². The number of likely N-dealkylation sites (N-methyl/N-ethyl adjacent to an activating group) is 1. The molecule has 0 fully saturated rings. The van der Waals surface area contributed by atoms with Crippen molar-refractivity contribution in [1.82, 2.24) is 5.32 Å². The zero-order valence-electron chi connectivity index (χ0n) is 11.9. The minimum Gasteiger partial charge on any atom is -0.494 e. The van der Waals surface area contributed by atoms with Crippen molar-refractivity contribution < 1.29 is 9.47 Å². The van der Waals surface area contributed by atoms with Crippen molar-refractivity contribution in [3.63, 3.8) is 0 Å². The van der Waals surface area contributed by atoms with E-state index < -0.39 is 0 Å². The Kier molecular flexibility index (Phi) is 6.76. The van der Waals surface area contributed by atoms with Crippen LogP contribution in [0, 0.1) is 0 Å². The zero-order valence-corrected chi connectivity index (χ0v) is 11.9. The van der Waals surface area contributed by atoms with Gasteiger partial charge >= 0.3 is 0 Å². The van der Waals surface area contributed by atoms with Gasteiger partial charge in [-0.15, -0.1) is 0 Å². The number of nitrogens with one attached hydrogen (secondary N) is 1. The molecule has 1 N–H and O–H groups in total. The Morgan fingerprint density at radius 1 is 1.17 bits per heavy atom. The second-order valence-electron chi connectivity index (χ2n) is 4.37. The maximum atomic E-state index is 5.59. The van der Waals surface area contributed by atoms with Gasteiger partial charge in [-0.25, -0.2) is 0 Å². The molecule has 3 heteroatoms. The van der Waals surface area contributed by atoms with E-state index in [9.17, 15) is 0 Å². The maximum Gasteiger partial charge on any atom is 0.119 e. The third-order valence-electron chi connectivity index (χ3n) is 3.10. The second kappa shape index (κ2) is 8.11. The summed E-state index contributed by atoms with van der Waals surface area (Å²) in [6.45, 7) is 5.01. The van der Waals surface area contributed by atoms with Gasteiger partial charge < -0.3 is 14.8 Å². The van der Waals surface area contributed by atoms with Crippen molar-refractivity contribution in [2.24, 2.45) is 0 Å². The molecule has 1 aromatic rings. The lowest BCUT2D eigenvalue weighted by molar-refractivity contribution is 0.0675. The van der Waals surface area contributed by atoms with E-state index in [1.165, 1.54) is 5.56 Å². The molecule has 1 aromatic carbocycles. The zero-order chi connectivity index (χ0) is 13.4. The first-order chi connectivity index (χ1) is 8.76. The summed E-state index contributed by atoms with van der Waals surface area (Å²) in [6, 6.07) is 8.48. The predicted octanol–water partition coefficient (Wildman–Crippen LogP) is 3.16. The number of rotatable bonds is 8. The number of benzene rings is 1. The predicted molar refractivity (Wildman–Crippen MR) is 75.1 cm³/mol. The van der Waals surface area contributed by atoms with Crippen LogP contribution in [0.5, 0.6) is 5.75 Å². The van der Waals surface area contributed by atoms with E-state index in [4.69, 9.17) is 9.47 Å². The number of ether oxygens (including phenoxy) is 2. The number of methoxy groups -OCH3 is 1. The van der Waals surface area contributed by atoms with Crippen LogP contribution in [0.3, 0.4) is 0 Å². The summed E-state index contributed by atoms with van der Waals surface area (Å²) in [5.41, 5.74) is 1.23. The molecule has 0 radical (unpaired) electrons. The third-order valence-corrected chi connectivity index (χ3v) is 3.10. The topological polar surface area (TPSA) is 30.5 Å². The van der Waals surface area contributed by atoms with Gasteiger partial charge in [0.1, 0.15) is 5.75 Å². The Morgan fingerprint density at radius 2 is 1.83 bits per heavy atom. The van der Waals surface area contributed by atoms with Crippen LogP contribution in [-0.2, 0) is 4.74 Å². The van der Waals surface area contributed by atoms with Gasteiger partial charge in [-0.1, -0.05) is 26.0 Å². The highest BCUT2D eigenvalue weighted by Crippen LogP contribution is 2.23. The monoisotopic (exact) mass is 251 g/mol. The summed E-state index contributed by atoms with van der Waals surface area (Å²) in [7, 11) is 3.73. The van der Waals surface area contributed by atoms with Crippen molar-refractivity contribution in [1.29, 1.82) is 0 Å². The fraction of sp³-hybridized carbons (Fsp3) is 0.600. The molecule has 0 aliphatic rings. The Bertz CT molecular complexity index is 320. The van der Waals surface area contributed by atoms with E-state index in [1.807, 2.05) is 19.2 Å². The average molecular weight is 251 g/mol.